The van der Waals surface area contributed by atoms with Crippen molar-refractivity contribution in [2.45, 2.75) is 64.6 Å². The molecule has 0 radical (unpaired) electrons. The number of carbonyl (C=O) groups is 4. The Kier molecular flexibility index (Phi) is 11.0. The highest BCUT2D eigenvalue weighted by atomic mass is 16.5. The molecule has 3 aliphatic carbocycles. The van der Waals surface area contributed by atoms with E-state index in [0.717, 1.165) is 12.1 Å². The predicted octanol–water partition coefficient (Wildman–Crippen LogP) is 6.87. The first-order valence-corrected chi connectivity index (χ1v) is 19.4. The molecule has 0 amide bonds. The molecular formula is C46H44O16. The van der Waals surface area contributed by atoms with Gasteiger partial charge in [-0.1, -0.05) is 0 Å². The Labute approximate surface area is 354 Å². The fourth-order valence-corrected chi connectivity index (χ4v) is 9.25. The molecule has 6 N–H and O–H groups in total. The van der Waals surface area contributed by atoms with Crippen LogP contribution < -0.4 is 9.47 Å². The van der Waals surface area contributed by atoms with Gasteiger partial charge < -0.3 is 59.1 Å². The molecule has 0 aromatic heterocycles. The van der Waals surface area contributed by atoms with E-state index < -0.39 is 70.5 Å². The Morgan fingerprint density at radius 1 is 0.532 bits per heavy atom. The van der Waals surface area contributed by atoms with Crippen LogP contribution in [0, 0.1) is 13.8 Å². The van der Waals surface area contributed by atoms with Gasteiger partial charge in [0.05, 0.1) is 39.6 Å². The first-order chi connectivity index (χ1) is 29.4. The van der Waals surface area contributed by atoms with Crippen LogP contribution in [0.3, 0.4) is 0 Å². The molecule has 0 saturated heterocycles. The lowest BCUT2D eigenvalue weighted by molar-refractivity contribution is 0.0315. The SMILES string of the molecule is COC1=C(CC(C)OC(=O)c2c(C)cc(O)cc2O)C2c3c(c(O)cc(OC)c3-c3c(OC)cc(O)c4c3C2C(CC(C)OC(=O)c2c(C)cc(O)cc2O)=C(OC)C4=O)C1=O. The van der Waals surface area contributed by atoms with Gasteiger partial charge in [-0.25, -0.2) is 9.59 Å². The minimum Gasteiger partial charge on any atom is -0.508 e. The molecule has 7 rings (SSSR count). The van der Waals surface area contributed by atoms with Gasteiger partial charge in [0.2, 0.25) is 11.6 Å². The molecule has 0 bridgehead atoms. The van der Waals surface area contributed by atoms with Crippen molar-refractivity contribution in [2.24, 2.45) is 0 Å². The van der Waals surface area contributed by atoms with Crippen LogP contribution in [0.2, 0.25) is 0 Å². The first kappa shape index (κ1) is 42.8. The normalized spacial score (nSPS) is 17.2. The Morgan fingerprint density at radius 3 is 1.19 bits per heavy atom. The molecule has 0 saturated carbocycles. The number of hydrogen-bond donors (Lipinski definition) is 6. The molecule has 324 valence electrons. The van der Waals surface area contributed by atoms with Gasteiger partial charge in [0.1, 0.15) is 69.3 Å². The van der Waals surface area contributed by atoms with E-state index in [4.69, 9.17) is 28.4 Å². The van der Waals surface area contributed by atoms with E-state index in [9.17, 15) is 49.8 Å². The summed E-state index contributed by atoms with van der Waals surface area (Å²) < 4.78 is 35.0. The molecule has 3 aliphatic rings. The lowest BCUT2D eigenvalue weighted by atomic mass is 9.58. The summed E-state index contributed by atoms with van der Waals surface area (Å²) in [7, 11) is 5.22. The molecule has 0 spiro atoms. The van der Waals surface area contributed by atoms with Crippen LogP contribution in [0.15, 0.2) is 59.1 Å². The van der Waals surface area contributed by atoms with E-state index in [1.165, 1.54) is 66.6 Å². The van der Waals surface area contributed by atoms with Crippen LogP contribution in [0.5, 0.6) is 46.0 Å². The lowest BCUT2D eigenvalue weighted by Gasteiger charge is -2.45. The lowest BCUT2D eigenvalue weighted by Crippen LogP contribution is -2.36. The Hall–Kier alpha value is -7.36. The number of phenolic OH excluding ortho intramolecular Hbond substituents is 6. The van der Waals surface area contributed by atoms with Gasteiger partial charge in [-0.2, -0.15) is 0 Å². The smallest absolute Gasteiger partial charge is 0.342 e. The highest BCUT2D eigenvalue weighted by molar-refractivity contribution is 6.18. The van der Waals surface area contributed by atoms with Gasteiger partial charge in [-0.3, -0.25) is 9.59 Å². The molecule has 0 fully saturated rings. The average molecular weight is 853 g/mol. The number of phenols is 6. The van der Waals surface area contributed by atoms with E-state index in [2.05, 4.69) is 0 Å². The quantitative estimate of drug-likeness (QED) is 0.0797. The molecule has 4 aromatic rings. The van der Waals surface area contributed by atoms with Crippen LogP contribution in [-0.4, -0.2) is 94.8 Å². The number of hydrogen-bond acceptors (Lipinski definition) is 16. The molecule has 0 aliphatic heterocycles. The summed E-state index contributed by atoms with van der Waals surface area (Å²) in [5, 5.41) is 64.3. The fourth-order valence-electron chi connectivity index (χ4n) is 9.25. The van der Waals surface area contributed by atoms with Gasteiger partial charge >= 0.3 is 11.9 Å². The number of ether oxygens (including phenoxy) is 6. The minimum absolute atomic E-state index is 0.0866. The van der Waals surface area contributed by atoms with Crippen LogP contribution in [0.4, 0.5) is 0 Å². The van der Waals surface area contributed by atoms with Gasteiger partial charge in [-0.05, 0) is 73.2 Å². The van der Waals surface area contributed by atoms with E-state index in [0.29, 0.717) is 0 Å². The standard InChI is InChI=1S/C46H44O16/c1-17-9-21(47)13-25(49)31(17)45(55)61-19(3)11-23-33-34-24(12-20(4)62-46(56)32-18(2)10-22(48)14-26(32)50)44(60-8)42(54)36-28(52)16-30(58-6)38(40(34)36)37-29(57-5)15-27(51)35(39(33)37)41(53)43(23)59-7/h9-10,13-16,19-20,33-34,47-52H,11-12H2,1-8H3. The Bertz CT molecular complexity index is 2460. The number of ketones is 2. The maximum absolute atomic E-state index is 14.6. The third kappa shape index (κ3) is 6.71. The third-order valence-electron chi connectivity index (χ3n) is 11.5. The largest absolute Gasteiger partial charge is 0.508 e. The van der Waals surface area contributed by atoms with Crippen LogP contribution >= 0.6 is 0 Å². The zero-order chi connectivity index (χ0) is 45.2. The number of aromatic hydroxyl groups is 6. The van der Waals surface area contributed by atoms with E-state index in [-0.39, 0.29) is 114 Å². The van der Waals surface area contributed by atoms with Crippen molar-refractivity contribution >= 4 is 23.5 Å². The van der Waals surface area contributed by atoms with Gasteiger partial charge in [0.15, 0.2) is 11.5 Å². The molecule has 62 heavy (non-hydrogen) atoms. The number of esters is 2. The number of methoxy groups -OCH3 is 4. The zero-order valence-electron chi connectivity index (χ0n) is 35.0. The first-order valence-electron chi connectivity index (χ1n) is 19.4. The van der Waals surface area contributed by atoms with Crippen molar-refractivity contribution < 1.29 is 78.2 Å². The summed E-state index contributed by atoms with van der Waals surface area (Å²) >= 11 is 0. The van der Waals surface area contributed by atoms with E-state index >= 15 is 0 Å². The second kappa shape index (κ2) is 15.9. The molecule has 4 atom stereocenters. The number of rotatable bonds is 12. The fraction of sp³-hybridized carbons (Fsp3) is 0.304. The molecule has 4 unspecified atom stereocenters. The second-order valence-corrected chi connectivity index (χ2v) is 15.4. The van der Waals surface area contributed by atoms with E-state index in [1.807, 2.05) is 0 Å². The van der Waals surface area contributed by atoms with Crippen molar-refractivity contribution in [3.8, 4) is 57.1 Å². The number of allylic oxidation sites excluding steroid dienone is 2. The van der Waals surface area contributed by atoms with Crippen molar-refractivity contribution in [3.05, 3.63) is 104 Å². The van der Waals surface area contributed by atoms with Crippen LogP contribution in [0.25, 0.3) is 11.1 Å². The van der Waals surface area contributed by atoms with E-state index in [1.54, 1.807) is 13.8 Å². The summed E-state index contributed by atoms with van der Waals surface area (Å²) in [5.74, 6) is -8.21. The van der Waals surface area contributed by atoms with Crippen LogP contribution in [-0.2, 0) is 18.9 Å². The summed E-state index contributed by atoms with van der Waals surface area (Å²) in [5.41, 5.74) is 1.23. The predicted molar refractivity (Wildman–Crippen MR) is 219 cm³/mol. The van der Waals surface area contributed by atoms with Gasteiger partial charge in [0, 0.05) is 60.1 Å². The van der Waals surface area contributed by atoms with Gasteiger partial charge in [-0.15, -0.1) is 0 Å². The highest BCUT2D eigenvalue weighted by Crippen LogP contribution is 2.65. The average Bonchev–Trinajstić information content (AvgIpc) is 3.17. The maximum Gasteiger partial charge on any atom is 0.342 e. The number of benzene rings is 4. The molecule has 4 aromatic carbocycles. The van der Waals surface area contributed by atoms with Crippen molar-refractivity contribution in [1.82, 2.24) is 0 Å². The minimum atomic E-state index is -1.07. The summed E-state index contributed by atoms with van der Waals surface area (Å²) in [6.07, 6.45) is -2.50. The topological polar surface area (TPSA) is 245 Å². The number of aryl methyl sites for hydroxylation is 2. The summed E-state index contributed by atoms with van der Waals surface area (Å²) in [6, 6.07) is 7.06. The molecule has 16 heteroatoms. The third-order valence-corrected chi connectivity index (χ3v) is 11.5. The zero-order valence-corrected chi connectivity index (χ0v) is 35.0. The molecule has 16 nitrogen and oxygen atoms in total. The number of carbonyl (C=O) groups excluding carboxylic acids is 4. The highest BCUT2D eigenvalue weighted by Gasteiger charge is 2.53. The Morgan fingerprint density at radius 2 is 0.887 bits per heavy atom. The monoisotopic (exact) mass is 852 g/mol. The number of Topliss-reactive ketones (excluding diaryl/α,β-unsaturated/α-hetero) is 2. The molecular weight excluding hydrogens is 808 g/mol. The van der Waals surface area contributed by atoms with Gasteiger partial charge in [0.25, 0.3) is 0 Å². The second-order valence-electron chi connectivity index (χ2n) is 15.4. The summed E-state index contributed by atoms with van der Waals surface area (Å²) in [6.45, 7) is 6.11. The van der Waals surface area contributed by atoms with Crippen molar-refractivity contribution in [1.29, 1.82) is 0 Å². The Balaban J connectivity index is 1.45. The maximum atomic E-state index is 14.6. The van der Waals surface area contributed by atoms with Crippen LogP contribution in [0.1, 0.15) is 102 Å². The van der Waals surface area contributed by atoms with Crippen molar-refractivity contribution in [2.75, 3.05) is 28.4 Å². The summed E-state index contributed by atoms with van der Waals surface area (Å²) in [4.78, 5) is 56.4. The van der Waals surface area contributed by atoms with Crippen molar-refractivity contribution in [3.63, 3.8) is 0 Å². The number of fused-ring (bicyclic) bond motifs is 2. The molecule has 0 heterocycles.